The molecule has 0 spiro atoms. The molecule has 2 aromatic carbocycles. The Labute approximate surface area is 151 Å². The number of alkyl halides is 3. The van der Waals surface area contributed by atoms with Crippen LogP contribution in [0.4, 0.5) is 19.1 Å². The van der Waals surface area contributed by atoms with E-state index in [9.17, 15) is 13.2 Å². The van der Waals surface area contributed by atoms with Crippen molar-refractivity contribution in [1.82, 2.24) is 14.8 Å². The lowest BCUT2D eigenvalue weighted by atomic mass is 10.0. The van der Waals surface area contributed by atoms with E-state index in [4.69, 9.17) is 11.6 Å². The van der Waals surface area contributed by atoms with Crippen molar-refractivity contribution >= 4 is 23.2 Å². The number of allylic oxidation sites excluding steroid dienone is 1. The summed E-state index contributed by atoms with van der Waals surface area (Å²) in [5, 5.41) is 7.98. The first-order valence-electron chi connectivity index (χ1n) is 7.73. The van der Waals surface area contributed by atoms with Gasteiger partial charge in [0, 0.05) is 10.7 Å². The summed E-state index contributed by atoms with van der Waals surface area (Å²) in [6.07, 6.45) is -1.07. The Balaban J connectivity index is 1.75. The third-order valence-electron chi connectivity index (χ3n) is 4.14. The van der Waals surface area contributed by atoms with Crippen molar-refractivity contribution in [1.29, 1.82) is 0 Å². The lowest BCUT2D eigenvalue weighted by Crippen LogP contribution is -2.20. The fourth-order valence-electron chi connectivity index (χ4n) is 2.84. The third-order valence-corrected chi connectivity index (χ3v) is 4.39. The monoisotopic (exact) mass is 376 g/mol. The van der Waals surface area contributed by atoms with Gasteiger partial charge in [0.1, 0.15) is 12.4 Å². The normalized spacial score (nSPS) is 16.6. The lowest BCUT2D eigenvalue weighted by Gasteiger charge is -2.24. The molecule has 0 amide bonds. The summed E-state index contributed by atoms with van der Waals surface area (Å²) in [5.41, 5.74) is 1.67. The first kappa shape index (κ1) is 16.7. The SMILES string of the molecule is FC(F)(F)c1ccc(C2C=C(c3ccc(Cl)cc3)Nc3ncnn32)cc1. The summed E-state index contributed by atoms with van der Waals surface area (Å²) in [6.45, 7) is 0. The second kappa shape index (κ2) is 6.17. The molecule has 26 heavy (non-hydrogen) atoms. The molecule has 0 saturated heterocycles. The Bertz CT molecular complexity index is 959. The molecule has 0 bridgehead atoms. The van der Waals surface area contributed by atoms with Crippen LogP contribution in [-0.4, -0.2) is 14.8 Å². The molecular formula is C18H12ClF3N4. The molecule has 1 atom stereocenters. The zero-order valence-corrected chi connectivity index (χ0v) is 14.0. The zero-order chi connectivity index (χ0) is 18.3. The summed E-state index contributed by atoms with van der Waals surface area (Å²) < 4.78 is 40.0. The number of nitrogens with one attached hydrogen (secondary N) is 1. The van der Waals surface area contributed by atoms with Gasteiger partial charge in [-0.2, -0.15) is 23.3 Å². The lowest BCUT2D eigenvalue weighted by molar-refractivity contribution is -0.137. The molecule has 1 aliphatic heterocycles. The van der Waals surface area contributed by atoms with Gasteiger partial charge in [-0.25, -0.2) is 4.68 Å². The minimum Gasteiger partial charge on any atom is -0.324 e. The van der Waals surface area contributed by atoms with E-state index in [2.05, 4.69) is 15.4 Å². The van der Waals surface area contributed by atoms with Crippen LogP contribution in [-0.2, 0) is 6.18 Å². The molecule has 1 N–H and O–H groups in total. The molecule has 2 heterocycles. The number of anilines is 1. The van der Waals surface area contributed by atoms with E-state index in [1.165, 1.54) is 18.5 Å². The van der Waals surface area contributed by atoms with Crippen molar-refractivity contribution in [2.24, 2.45) is 0 Å². The van der Waals surface area contributed by atoms with E-state index < -0.39 is 11.7 Å². The summed E-state index contributed by atoms with van der Waals surface area (Å²) in [7, 11) is 0. The maximum atomic E-state index is 12.8. The predicted octanol–water partition coefficient (Wildman–Crippen LogP) is 5.01. The van der Waals surface area contributed by atoms with E-state index >= 15 is 0 Å². The van der Waals surface area contributed by atoms with Crippen molar-refractivity contribution in [2.45, 2.75) is 12.2 Å². The minimum absolute atomic E-state index is 0.373. The molecular weight excluding hydrogens is 365 g/mol. The molecule has 0 saturated carbocycles. The Kier molecular flexibility index (Phi) is 3.96. The topological polar surface area (TPSA) is 42.7 Å². The molecule has 0 radical (unpaired) electrons. The van der Waals surface area contributed by atoms with Crippen molar-refractivity contribution < 1.29 is 13.2 Å². The Morgan fingerprint density at radius 1 is 1.00 bits per heavy atom. The van der Waals surface area contributed by atoms with Crippen molar-refractivity contribution in [3.63, 3.8) is 0 Å². The smallest absolute Gasteiger partial charge is 0.324 e. The first-order chi connectivity index (χ1) is 12.4. The highest BCUT2D eigenvalue weighted by atomic mass is 35.5. The summed E-state index contributed by atoms with van der Waals surface area (Å²) in [5.74, 6) is 0.516. The predicted molar refractivity (Wildman–Crippen MR) is 92.7 cm³/mol. The van der Waals surface area contributed by atoms with E-state index in [1.807, 2.05) is 18.2 Å². The number of hydrogen-bond acceptors (Lipinski definition) is 3. The van der Waals surface area contributed by atoms with Gasteiger partial charge in [-0.15, -0.1) is 0 Å². The second-order valence-electron chi connectivity index (χ2n) is 5.81. The number of aromatic nitrogens is 3. The van der Waals surface area contributed by atoms with Crippen LogP contribution in [0.3, 0.4) is 0 Å². The van der Waals surface area contributed by atoms with Gasteiger partial charge in [-0.05, 0) is 41.5 Å². The molecule has 4 rings (SSSR count). The number of fused-ring (bicyclic) bond motifs is 1. The Morgan fingerprint density at radius 3 is 2.35 bits per heavy atom. The fraction of sp³-hybridized carbons (Fsp3) is 0.111. The van der Waals surface area contributed by atoms with Crippen LogP contribution in [0.15, 0.2) is 60.9 Å². The molecule has 1 aromatic heterocycles. The first-order valence-corrected chi connectivity index (χ1v) is 8.11. The van der Waals surface area contributed by atoms with Gasteiger partial charge in [-0.1, -0.05) is 35.9 Å². The van der Waals surface area contributed by atoms with E-state index in [-0.39, 0.29) is 6.04 Å². The average Bonchev–Trinajstić information content (AvgIpc) is 3.09. The number of benzene rings is 2. The van der Waals surface area contributed by atoms with Gasteiger partial charge < -0.3 is 5.32 Å². The molecule has 1 aliphatic rings. The molecule has 1 unspecified atom stereocenters. The van der Waals surface area contributed by atoms with Crippen molar-refractivity contribution in [3.8, 4) is 0 Å². The van der Waals surface area contributed by atoms with Crippen LogP contribution in [0.5, 0.6) is 0 Å². The van der Waals surface area contributed by atoms with Crippen LogP contribution in [0.25, 0.3) is 5.70 Å². The summed E-state index contributed by atoms with van der Waals surface area (Å²) in [6, 6.07) is 11.9. The molecule has 8 heteroatoms. The van der Waals surface area contributed by atoms with Gasteiger partial charge in [0.05, 0.1) is 5.56 Å². The standard InChI is InChI=1S/C18H12ClF3N4/c19-14-7-3-11(4-8-14)15-9-16(26-17(25-15)23-10-24-26)12-1-5-13(6-2-12)18(20,21)22/h1-10,16H,(H,23,24,25). The summed E-state index contributed by atoms with van der Waals surface area (Å²) in [4.78, 5) is 4.18. The molecule has 0 fully saturated rings. The largest absolute Gasteiger partial charge is 0.416 e. The Hall–Kier alpha value is -2.80. The quantitative estimate of drug-likeness (QED) is 0.684. The highest BCUT2D eigenvalue weighted by Crippen LogP contribution is 2.34. The molecule has 3 aromatic rings. The van der Waals surface area contributed by atoms with Gasteiger partial charge in [0.2, 0.25) is 5.95 Å². The molecule has 4 nitrogen and oxygen atoms in total. The van der Waals surface area contributed by atoms with Crippen molar-refractivity contribution in [3.05, 3.63) is 82.6 Å². The van der Waals surface area contributed by atoms with E-state index in [0.29, 0.717) is 16.5 Å². The van der Waals surface area contributed by atoms with E-state index in [1.54, 1.807) is 16.8 Å². The zero-order valence-electron chi connectivity index (χ0n) is 13.2. The van der Waals surface area contributed by atoms with Crippen molar-refractivity contribution in [2.75, 3.05) is 5.32 Å². The number of nitrogens with zero attached hydrogens (tertiary/aromatic N) is 3. The van der Waals surface area contributed by atoms with Gasteiger partial charge in [0.15, 0.2) is 0 Å². The maximum Gasteiger partial charge on any atom is 0.416 e. The summed E-state index contributed by atoms with van der Waals surface area (Å²) >= 11 is 5.93. The minimum atomic E-state index is -4.37. The fourth-order valence-corrected chi connectivity index (χ4v) is 2.96. The highest BCUT2D eigenvalue weighted by molar-refractivity contribution is 6.30. The average molecular weight is 377 g/mol. The second-order valence-corrected chi connectivity index (χ2v) is 6.24. The number of halogens is 4. The van der Waals surface area contributed by atoms with Crippen LogP contribution in [0, 0.1) is 0 Å². The van der Waals surface area contributed by atoms with E-state index in [0.717, 1.165) is 23.4 Å². The third kappa shape index (κ3) is 3.06. The van der Waals surface area contributed by atoms with Gasteiger partial charge >= 0.3 is 6.18 Å². The highest BCUT2D eigenvalue weighted by Gasteiger charge is 2.31. The molecule has 132 valence electrons. The van der Waals surface area contributed by atoms with Crippen LogP contribution >= 0.6 is 11.6 Å². The maximum absolute atomic E-state index is 12.8. The number of rotatable bonds is 2. The molecule has 0 aliphatic carbocycles. The Morgan fingerprint density at radius 2 is 1.69 bits per heavy atom. The van der Waals surface area contributed by atoms with Crippen LogP contribution in [0.2, 0.25) is 5.02 Å². The number of hydrogen-bond donors (Lipinski definition) is 1. The van der Waals surface area contributed by atoms with Crippen LogP contribution in [0.1, 0.15) is 22.7 Å². The van der Waals surface area contributed by atoms with Gasteiger partial charge in [0.25, 0.3) is 0 Å². The van der Waals surface area contributed by atoms with Gasteiger partial charge in [-0.3, -0.25) is 0 Å². The van der Waals surface area contributed by atoms with Crippen LogP contribution < -0.4 is 5.32 Å².